The Bertz CT molecular complexity index is 324. The molecule has 14 heavy (non-hydrogen) atoms. The third-order valence-corrected chi connectivity index (χ3v) is 2.49. The van der Waals surface area contributed by atoms with Crippen molar-refractivity contribution in [1.82, 2.24) is 9.36 Å². The van der Waals surface area contributed by atoms with Crippen LogP contribution in [0.2, 0.25) is 0 Å². The molecule has 1 heterocycles. The summed E-state index contributed by atoms with van der Waals surface area (Å²) in [5.74, 6) is 0.175. The van der Waals surface area contributed by atoms with E-state index >= 15 is 0 Å². The summed E-state index contributed by atoms with van der Waals surface area (Å²) >= 11 is 1.23. The maximum atomic E-state index is 10.4. The number of rotatable bonds is 4. The van der Waals surface area contributed by atoms with Crippen LogP contribution in [0.4, 0.5) is 5.13 Å². The first kappa shape index (κ1) is 10.9. The van der Waals surface area contributed by atoms with Gasteiger partial charge >= 0.3 is 5.97 Å². The molecule has 0 unspecified atom stereocenters. The number of carbonyl (C=O) groups is 1. The molecule has 0 saturated carbocycles. The first-order valence-electron chi connectivity index (χ1n) is 4.27. The van der Waals surface area contributed by atoms with Gasteiger partial charge in [-0.15, -0.1) is 0 Å². The molecule has 1 N–H and O–H groups in total. The summed E-state index contributed by atoms with van der Waals surface area (Å²) < 4.78 is 4.14. The van der Waals surface area contributed by atoms with Crippen molar-refractivity contribution < 1.29 is 9.90 Å². The first-order valence-corrected chi connectivity index (χ1v) is 5.04. The van der Waals surface area contributed by atoms with E-state index in [4.69, 9.17) is 5.11 Å². The second-order valence-electron chi connectivity index (χ2n) is 3.34. The summed E-state index contributed by atoms with van der Waals surface area (Å²) in [5.41, 5.74) is 0. The van der Waals surface area contributed by atoms with Crippen molar-refractivity contribution in [2.45, 2.75) is 19.8 Å². The minimum absolute atomic E-state index is 0.0489. The van der Waals surface area contributed by atoms with Gasteiger partial charge in [-0.2, -0.15) is 4.37 Å². The molecular formula is C8H13N3O2S. The number of hydrogen-bond donors (Lipinski definition) is 1. The molecule has 0 amide bonds. The predicted octanol–water partition coefficient (Wildman–Crippen LogP) is 1.18. The molecule has 0 radical (unpaired) electrons. The lowest BCUT2D eigenvalue weighted by molar-refractivity contribution is -0.135. The number of aliphatic carboxylic acids is 1. The Hall–Kier alpha value is -1.17. The summed E-state index contributed by atoms with van der Waals surface area (Å²) in [6, 6.07) is 0. The van der Waals surface area contributed by atoms with Gasteiger partial charge in [0.25, 0.3) is 0 Å². The van der Waals surface area contributed by atoms with Crippen molar-refractivity contribution in [2.24, 2.45) is 0 Å². The van der Waals surface area contributed by atoms with E-state index in [0.717, 1.165) is 5.82 Å². The maximum absolute atomic E-state index is 10.4. The fourth-order valence-electron chi connectivity index (χ4n) is 0.886. The van der Waals surface area contributed by atoms with Crippen molar-refractivity contribution in [3.8, 4) is 0 Å². The van der Waals surface area contributed by atoms with Crippen LogP contribution in [-0.2, 0) is 4.79 Å². The van der Waals surface area contributed by atoms with E-state index in [9.17, 15) is 4.79 Å². The lowest BCUT2D eigenvalue weighted by Crippen LogP contribution is -2.24. The van der Waals surface area contributed by atoms with Gasteiger partial charge in [-0.25, -0.2) is 4.98 Å². The zero-order valence-electron chi connectivity index (χ0n) is 8.39. The van der Waals surface area contributed by atoms with E-state index < -0.39 is 5.97 Å². The zero-order valence-corrected chi connectivity index (χ0v) is 9.21. The van der Waals surface area contributed by atoms with E-state index in [2.05, 4.69) is 9.36 Å². The van der Waals surface area contributed by atoms with Gasteiger partial charge in [-0.05, 0) is 0 Å². The number of carboxylic acids is 1. The van der Waals surface area contributed by atoms with Crippen molar-refractivity contribution in [3.05, 3.63) is 5.82 Å². The maximum Gasteiger partial charge on any atom is 0.323 e. The van der Waals surface area contributed by atoms with Gasteiger partial charge in [0.1, 0.15) is 12.4 Å². The second kappa shape index (κ2) is 4.36. The molecule has 78 valence electrons. The van der Waals surface area contributed by atoms with E-state index in [-0.39, 0.29) is 12.5 Å². The summed E-state index contributed by atoms with van der Waals surface area (Å²) in [4.78, 5) is 16.2. The lowest BCUT2D eigenvalue weighted by Gasteiger charge is -2.10. The zero-order chi connectivity index (χ0) is 10.7. The Balaban J connectivity index is 2.71. The fraction of sp³-hybridized carbons (Fsp3) is 0.625. The third kappa shape index (κ3) is 2.66. The van der Waals surface area contributed by atoms with Gasteiger partial charge in [0, 0.05) is 24.5 Å². The van der Waals surface area contributed by atoms with Crippen molar-refractivity contribution in [3.63, 3.8) is 0 Å². The predicted molar refractivity (Wildman–Crippen MR) is 54.9 cm³/mol. The van der Waals surface area contributed by atoms with Gasteiger partial charge in [-0.3, -0.25) is 4.79 Å². The second-order valence-corrected chi connectivity index (χ2v) is 4.07. The minimum atomic E-state index is -0.867. The Labute approximate surface area is 86.6 Å². The summed E-state index contributed by atoms with van der Waals surface area (Å²) in [5, 5.41) is 9.23. The van der Waals surface area contributed by atoms with Crippen LogP contribution in [0.1, 0.15) is 25.6 Å². The highest BCUT2D eigenvalue weighted by Crippen LogP contribution is 2.19. The highest BCUT2D eigenvalue weighted by Gasteiger charge is 2.12. The molecule has 0 bridgehead atoms. The Morgan fingerprint density at radius 2 is 2.29 bits per heavy atom. The highest BCUT2D eigenvalue weighted by atomic mass is 32.1. The largest absolute Gasteiger partial charge is 0.480 e. The molecule has 0 atom stereocenters. The van der Waals surface area contributed by atoms with E-state index in [1.54, 1.807) is 11.9 Å². The van der Waals surface area contributed by atoms with Gasteiger partial charge in [-0.1, -0.05) is 13.8 Å². The van der Waals surface area contributed by atoms with Crippen molar-refractivity contribution in [2.75, 3.05) is 18.5 Å². The van der Waals surface area contributed by atoms with E-state index in [0.29, 0.717) is 5.13 Å². The van der Waals surface area contributed by atoms with Crippen molar-refractivity contribution in [1.29, 1.82) is 0 Å². The molecule has 0 aromatic carbocycles. The molecule has 0 saturated heterocycles. The smallest absolute Gasteiger partial charge is 0.323 e. The summed E-state index contributed by atoms with van der Waals surface area (Å²) in [6.45, 7) is 3.96. The summed E-state index contributed by atoms with van der Waals surface area (Å²) in [7, 11) is 1.69. The number of hydrogen-bond acceptors (Lipinski definition) is 5. The standard InChI is InChI=1S/C8H13N3O2S/c1-5(2)7-9-8(14-10-7)11(3)4-6(12)13/h5H,4H2,1-3H3,(H,12,13). The topological polar surface area (TPSA) is 66.3 Å². The molecule has 1 rings (SSSR count). The number of likely N-dealkylation sites (N-methyl/N-ethyl adjacent to an activating group) is 1. The average Bonchev–Trinajstić information content (AvgIpc) is 2.50. The van der Waals surface area contributed by atoms with Crippen LogP contribution in [0, 0.1) is 0 Å². The third-order valence-electron chi connectivity index (χ3n) is 1.65. The van der Waals surface area contributed by atoms with Crippen LogP contribution in [0.3, 0.4) is 0 Å². The number of aromatic nitrogens is 2. The van der Waals surface area contributed by atoms with Crippen LogP contribution in [-0.4, -0.2) is 34.0 Å². The molecule has 0 spiro atoms. The molecule has 0 aliphatic rings. The molecule has 1 aromatic heterocycles. The van der Waals surface area contributed by atoms with E-state index in [1.807, 2.05) is 13.8 Å². The Morgan fingerprint density at radius 3 is 2.71 bits per heavy atom. The Morgan fingerprint density at radius 1 is 1.64 bits per heavy atom. The molecular weight excluding hydrogens is 202 g/mol. The number of anilines is 1. The normalized spacial score (nSPS) is 10.6. The molecule has 5 nitrogen and oxygen atoms in total. The lowest BCUT2D eigenvalue weighted by atomic mass is 10.2. The quantitative estimate of drug-likeness (QED) is 0.817. The van der Waals surface area contributed by atoms with Crippen LogP contribution >= 0.6 is 11.5 Å². The molecule has 0 aliphatic carbocycles. The molecule has 0 fully saturated rings. The Kier molecular flexibility index (Phi) is 3.40. The van der Waals surface area contributed by atoms with Crippen LogP contribution in [0.25, 0.3) is 0 Å². The molecule has 0 aliphatic heterocycles. The van der Waals surface area contributed by atoms with Crippen LogP contribution in [0.15, 0.2) is 0 Å². The van der Waals surface area contributed by atoms with Gasteiger partial charge in [0.15, 0.2) is 0 Å². The minimum Gasteiger partial charge on any atom is -0.480 e. The number of carboxylic acid groups (broad SMARTS) is 1. The van der Waals surface area contributed by atoms with Gasteiger partial charge < -0.3 is 10.0 Å². The summed E-state index contributed by atoms with van der Waals surface area (Å²) in [6.07, 6.45) is 0. The van der Waals surface area contributed by atoms with Gasteiger partial charge in [0.05, 0.1) is 0 Å². The highest BCUT2D eigenvalue weighted by molar-refractivity contribution is 7.09. The van der Waals surface area contributed by atoms with Crippen LogP contribution < -0.4 is 4.90 Å². The number of nitrogens with zero attached hydrogens (tertiary/aromatic N) is 3. The van der Waals surface area contributed by atoms with Crippen molar-refractivity contribution >= 4 is 22.6 Å². The van der Waals surface area contributed by atoms with Crippen LogP contribution in [0.5, 0.6) is 0 Å². The SMILES string of the molecule is CC(C)c1nsc(N(C)CC(=O)O)n1. The van der Waals surface area contributed by atoms with E-state index in [1.165, 1.54) is 11.5 Å². The molecule has 1 aromatic rings. The first-order chi connectivity index (χ1) is 6.50. The van der Waals surface area contributed by atoms with Gasteiger partial charge in [0.2, 0.25) is 5.13 Å². The molecule has 6 heteroatoms. The monoisotopic (exact) mass is 215 g/mol. The average molecular weight is 215 g/mol. The fourth-order valence-corrected chi connectivity index (χ4v) is 1.65.